The molecule has 22 heavy (non-hydrogen) atoms. The van der Waals surface area contributed by atoms with Gasteiger partial charge in [-0.25, -0.2) is 4.98 Å². The number of nitrogens with zero attached hydrogens (tertiary/aromatic N) is 2. The number of anilines is 3. The Kier molecular flexibility index (Phi) is 5.37. The molecular weight excluding hydrogens is 363 g/mol. The highest BCUT2D eigenvalue weighted by molar-refractivity contribution is 9.10. The summed E-state index contributed by atoms with van der Waals surface area (Å²) >= 11 is 3.43. The predicted octanol–water partition coefficient (Wildman–Crippen LogP) is 3.83. The molecule has 0 saturated heterocycles. The zero-order valence-corrected chi connectivity index (χ0v) is 15.0. The molecule has 2 aromatic rings. The van der Waals surface area contributed by atoms with Gasteiger partial charge in [0.1, 0.15) is 13.0 Å². The third-order valence-corrected chi connectivity index (χ3v) is 5.02. The second-order valence-electron chi connectivity index (χ2n) is 5.05. The lowest BCUT2D eigenvalue weighted by atomic mass is 10.3. The molecule has 0 unspecified atom stereocenters. The smallest absolute Gasteiger partial charge is 0.224 e. The molecule has 116 valence electrons. The van der Waals surface area contributed by atoms with E-state index in [0.717, 1.165) is 15.5 Å². The molecule has 0 amide bonds. The van der Waals surface area contributed by atoms with E-state index in [2.05, 4.69) is 43.1 Å². The SMILES string of the molecule is C=CCNc1ncc(Br)c(Nc2ccccc2P(C)(C)=O)n1. The van der Waals surface area contributed by atoms with E-state index in [1.165, 1.54) is 0 Å². The molecule has 2 N–H and O–H groups in total. The highest BCUT2D eigenvalue weighted by Crippen LogP contribution is 2.38. The van der Waals surface area contributed by atoms with Crippen LogP contribution in [-0.4, -0.2) is 29.8 Å². The van der Waals surface area contributed by atoms with Crippen LogP contribution in [0.2, 0.25) is 0 Å². The van der Waals surface area contributed by atoms with Gasteiger partial charge in [-0.15, -0.1) is 6.58 Å². The normalized spacial score (nSPS) is 11.0. The number of aromatic nitrogens is 2. The first kappa shape index (κ1) is 16.7. The van der Waals surface area contributed by atoms with Gasteiger partial charge in [0.25, 0.3) is 0 Å². The number of hydrogen-bond donors (Lipinski definition) is 2. The van der Waals surface area contributed by atoms with Gasteiger partial charge < -0.3 is 15.2 Å². The number of halogens is 1. The molecule has 0 radical (unpaired) electrons. The van der Waals surface area contributed by atoms with Gasteiger partial charge in [-0.3, -0.25) is 0 Å². The van der Waals surface area contributed by atoms with Crippen molar-refractivity contribution in [2.24, 2.45) is 0 Å². The van der Waals surface area contributed by atoms with E-state index in [1.54, 1.807) is 25.6 Å². The molecule has 0 fully saturated rings. The van der Waals surface area contributed by atoms with Crippen molar-refractivity contribution in [3.63, 3.8) is 0 Å². The van der Waals surface area contributed by atoms with Crippen molar-refractivity contribution in [1.82, 2.24) is 9.97 Å². The Morgan fingerprint density at radius 3 is 2.77 bits per heavy atom. The Morgan fingerprint density at radius 1 is 1.36 bits per heavy atom. The Balaban J connectivity index is 2.35. The Morgan fingerprint density at radius 2 is 2.09 bits per heavy atom. The minimum absolute atomic E-state index is 0.499. The van der Waals surface area contributed by atoms with E-state index < -0.39 is 7.14 Å². The van der Waals surface area contributed by atoms with E-state index in [4.69, 9.17) is 0 Å². The van der Waals surface area contributed by atoms with Gasteiger partial charge in [-0.1, -0.05) is 18.2 Å². The van der Waals surface area contributed by atoms with Gasteiger partial charge in [0.2, 0.25) is 5.95 Å². The van der Waals surface area contributed by atoms with Crippen molar-refractivity contribution < 1.29 is 4.57 Å². The van der Waals surface area contributed by atoms with E-state index >= 15 is 0 Å². The lowest BCUT2D eigenvalue weighted by Gasteiger charge is -2.15. The summed E-state index contributed by atoms with van der Waals surface area (Å²) in [6.45, 7) is 7.73. The maximum Gasteiger partial charge on any atom is 0.224 e. The third-order valence-electron chi connectivity index (χ3n) is 2.89. The number of rotatable bonds is 6. The third kappa shape index (κ3) is 4.18. The lowest BCUT2D eigenvalue weighted by molar-refractivity contribution is 0.588. The van der Waals surface area contributed by atoms with Crippen LogP contribution in [0.3, 0.4) is 0 Å². The summed E-state index contributed by atoms with van der Waals surface area (Å²) in [7, 11) is -2.39. The molecule has 0 bridgehead atoms. The van der Waals surface area contributed by atoms with Crippen LogP contribution in [0, 0.1) is 0 Å². The first-order valence-electron chi connectivity index (χ1n) is 6.70. The summed E-state index contributed by atoms with van der Waals surface area (Å²) in [4.78, 5) is 8.59. The maximum absolute atomic E-state index is 12.4. The van der Waals surface area contributed by atoms with Gasteiger partial charge in [0, 0.05) is 18.0 Å². The van der Waals surface area contributed by atoms with E-state index in [-0.39, 0.29) is 0 Å². The fraction of sp³-hybridized carbons (Fsp3) is 0.200. The minimum atomic E-state index is -2.39. The first-order chi connectivity index (χ1) is 10.4. The van der Waals surface area contributed by atoms with E-state index in [9.17, 15) is 4.57 Å². The van der Waals surface area contributed by atoms with E-state index in [1.807, 2.05) is 24.3 Å². The van der Waals surface area contributed by atoms with Crippen LogP contribution in [0.5, 0.6) is 0 Å². The van der Waals surface area contributed by atoms with Crippen LogP contribution < -0.4 is 15.9 Å². The molecule has 1 heterocycles. The molecule has 7 heteroatoms. The number of hydrogen-bond acceptors (Lipinski definition) is 5. The summed E-state index contributed by atoms with van der Waals surface area (Å²) in [6.07, 6.45) is 3.40. The summed E-state index contributed by atoms with van der Waals surface area (Å²) < 4.78 is 13.1. The summed E-state index contributed by atoms with van der Waals surface area (Å²) in [6, 6.07) is 7.54. The van der Waals surface area contributed by atoms with Crippen LogP contribution >= 0.6 is 23.1 Å². The summed E-state index contributed by atoms with van der Waals surface area (Å²) in [5.74, 6) is 1.11. The van der Waals surface area contributed by atoms with Crippen molar-refractivity contribution in [3.8, 4) is 0 Å². The summed E-state index contributed by atoms with van der Waals surface area (Å²) in [5.41, 5.74) is 0.782. The lowest BCUT2D eigenvalue weighted by Crippen LogP contribution is -2.11. The molecule has 0 atom stereocenters. The second kappa shape index (κ2) is 7.07. The standard InChI is InChI=1S/C15H18BrN4OP/c1-4-9-17-15-18-10-11(16)14(20-15)19-12-7-5-6-8-13(12)22(2,3)21/h4-8,10H,1,9H2,2-3H3,(H2,17,18,19,20). The van der Waals surface area contributed by atoms with Crippen LogP contribution in [0.25, 0.3) is 0 Å². The molecule has 0 aliphatic carbocycles. The zero-order chi connectivity index (χ0) is 16.2. The van der Waals surface area contributed by atoms with Crippen molar-refractivity contribution in [3.05, 3.63) is 47.6 Å². The van der Waals surface area contributed by atoms with Gasteiger partial charge in [0.05, 0.1) is 10.2 Å². The summed E-state index contributed by atoms with van der Waals surface area (Å²) in [5, 5.41) is 7.06. The average Bonchev–Trinajstić information content (AvgIpc) is 2.47. The molecule has 0 aliphatic rings. The van der Waals surface area contributed by atoms with Crippen molar-refractivity contribution in [2.75, 3.05) is 30.5 Å². The number of para-hydroxylation sites is 1. The Hall–Kier alpha value is -1.65. The van der Waals surface area contributed by atoms with Crippen LogP contribution in [0.15, 0.2) is 47.6 Å². The van der Waals surface area contributed by atoms with Gasteiger partial charge >= 0.3 is 0 Å². The molecule has 0 spiro atoms. The van der Waals surface area contributed by atoms with Crippen LogP contribution in [0.4, 0.5) is 17.5 Å². The van der Waals surface area contributed by atoms with Crippen molar-refractivity contribution in [1.29, 1.82) is 0 Å². The van der Waals surface area contributed by atoms with Gasteiger partial charge in [0.15, 0.2) is 0 Å². The predicted molar refractivity (Wildman–Crippen MR) is 97.2 cm³/mol. The maximum atomic E-state index is 12.4. The Labute approximate surface area is 138 Å². The fourth-order valence-electron chi connectivity index (χ4n) is 1.88. The Bertz CT molecular complexity index is 729. The molecule has 0 saturated carbocycles. The quantitative estimate of drug-likeness (QED) is 0.588. The number of nitrogens with one attached hydrogen (secondary N) is 2. The highest BCUT2D eigenvalue weighted by atomic mass is 79.9. The minimum Gasteiger partial charge on any atom is -0.351 e. The first-order valence-corrected chi connectivity index (χ1v) is 10.1. The molecule has 1 aromatic heterocycles. The zero-order valence-electron chi connectivity index (χ0n) is 12.5. The largest absolute Gasteiger partial charge is 0.351 e. The van der Waals surface area contributed by atoms with Crippen molar-refractivity contribution in [2.45, 2.75) is 0 Å². The topological polar surface area (TPSA) is 66.9 Å². The monoisotopic (exact) mass is 380 g/mol. The molecule has 1 aromatic carbocycles. The van der Waals surface area contributed by atoms with Crippen molar-refractivity contribution >= 4 is 45.8 Å². The molecule has 2 rings (SSSR count). The highest BCUT2D eigenvalue weighted by Gasteiger charge is 2.16. The molecular formula is C15H18BrN4OP. The van der Waals surface area contributed by atoms with Gasteiger partial charge in [-0.2, -0.15) is 4.98 Å². The van der Waals surface area contributed by atoms with E-state index in [0.29, 0.717) is 18.3 Å². The fourth-order valence-corrected chi connectivity index (χ4v) is 3.33. The molecule has 0 aliphatic heterocycles. The average molecular weight is 381 g/mol. The molecule has 5 nitrogen and oxygen atoms in total. The number of benzene rings is 1. The van der Waals surface area contributed by atoms with Crippen LogP contribution in [0.1, 0.15) is 0 Å². The van der Waals surface area contributed by atoms with Gasteiger partial charge in [-0.05, 0) is 41.4 Å². The second-order valence-corrected chi connectivity index (χ2v) is 9.09. The van der Waals surface area contributed by atoms with Crippen LogP contribution in [-0.2, 0) is 4.57 Å².